The van der Waals surface area contributed by atoms with Crippen LogP contribution < -0.4 is 0 Å². The summed E-state index contributed by atoms with van der Waals surface area (Å²) in [5.74, 6) is 1.79. The molecule has 0 spiro atoms. The lowest BCUT2D eigenvalue weighted by Crippen LogP contribution is -1.94. The first-order chi connectivity index (χ1) is 6.56. The quantitative estimate of drug-likeness (QED) is 0.657. The molecule has 0 amide bonds. The molecule has 1 rings (SSSR count). The largest absolute Gasteiger partial charge is 0.126 e. The van der Waals surface area contributed by atoms with Crippen LogP contribution in [0, 0.1) is 13.8 Å². The molecule has 1 heteroatoms. The van der Waals surface area contributed by atoms with Gasteiger partial charge in [0.05, 0.1) is 0 Å². The normalized spacial score (nSPS) is 11.0. The summed E-state index contributed by atoms with van der Waals surface area (Å²) in [7, 11) is 0. The third-order valence-electron chi connectivity index (χ3n) is 2.49. The van der Waals surface area contributed by atoms with Crippen LogP contribution in [-0.2, 0) is 0 Å². The predicted octanol–water partition coefficient (Wildman–Crippen LogP) is 4.54. The summed E-state index contributed by atoms with van der Waals surface area (Å²) in [4.78, 5) is 1.45. The summed E-state index contributed by atoms with van der Waals surface area (Å²) < 4.78 is 0. The predicted molar refractivity (Wildman–Crippen MR) is 66.4 cm³/mol. The Balaban J connectivity index is 3.13. The van der Waals surface area contributed by atoms with E-state index in [1.807, 2.05) is 11.8 Å². The van der Waals surface area contributed by atoms with E-state index in [0.717, 1.165) is 5.75 Å². The number of thioether (sulfide) groups is 1. The number of rotatable bonds is 3. The molecule has 78 valence electrons. The minimum Gasteiger partial charge on any atom is -0.126 e. The maximum atomic E-state index is 2.36. The molecule has 0 aliphatic rings. The molecule has 0 aliphatic carbocycles. The summed E-state index contributed by atoms with van der Waals surface area (Å²) >= 11 is 1.94. The number of hydrogen-bond acceptors (Lipinski definition) is 1. The lowest BCUT2D eigenvalue weighted by Gasteiger charge is -2.14. The number of hydrogen-bond donors (Lipinski definition) is 0. The fourth-order valence-corrected chi connectivity index (χ4v) is 2.59. The number of benzene rings is 1. The van der Waals surface area contributed by atoms with Gasteiger partial charge >= 0.3 is 0 Å². The molecule has 0 saturated heterocycles. The Hall–Kier alpha value is -0.430. The third-order valence-corrected chi connectivity index (χ3v) is 3.52. The fourth-order valence-electron chi connectivity index (χ4n) is 1.78. The fraction of sp³-hybridized carbons (Fsp3) is 0.538. The summed E-state index contributed by atoms with van der Waals surface area (Å²) in [6, 6.07) is 4.68. The smallest absolute Gasteiger partial charge is 0.0104 e. The van der Waals surface area contributed by atoms with Crippen molar-refractivity contribution in [3.05, 3.63) is 28.8 Å². The van der Waals surface area contributed by atoms with Crippen molar-refractivity contribution >= 4 is 11.8 Å². The Kier molecular flexibility index (Phi) is 4.06. The van der Waals surface area contributed by atoms with Crippen molar-refractivity contribution < 1.29 is 0 Å². The van der Waals surface area contributed by atoms with Crippen molar-refractivity contribution in [2.75, 3.05) is 5.75 Å². The van der Waals surface area contributed by atoms with Gasteiger partial charge < -0.3 is 0 Å². The molecular formula is C13H20S. The Bertz CT molecular complexity index is 313. The highest BCUT2D eigenvalue weighted by atomic mass is 32.2. The molecule has 14 heavy (non-hydrogen) atoms. The maximum absolute atomic E-state index is 2.36. The molecule has 0 saturated carbocycles. The van der Waals surface area contributed by atoms with Gasteiger partial charge in [-0.1, -0.05) is 26.8 Å². The zero-order chi connectivity index (χ0) is 10.7. The van der Waals surface area contributed by atoms with Gasteiger partial charge in [-0.15, -0.1) is 11.8 Å². The Morgan fingerprint density at radius 2 is 1.79 bits per heavy atom. The van der Waals surface area contributed by atoms with Gasteiger partial charge in [-0.05, 0) is 48.3 Å². The maximum Gasteiger partial charge on any atom is 0.0104 e. The van der Waals surface area contributed by atoms with Gasteiger partial charge in [-0.2, -0.15) is 0 Å². The molecule has 0 aliphatic heterocycles. The molecule has 0 unspecified atom stereocenters. The molecule has 0 heterocycles. The van der Waals surface area contributed by atoms with E-state index in [0.29, 0.717) is 5.92 Å². The van der Waals surface area contributed by atoms with E-state index in [1.54, 1.807) is 0 Å². The monoisotopic (exact) mass is 208 g/mol. The van der Waals surface area contributed by atoms with Gasteiger partial charge in [-0.3, -0.25) is 0 Å². The Labute approximate surface area is 92.1 Å². The van der Waals surface area contributed by atoms with E-state index in [4.69, 9.17) is 0 Å². The summed E-state index contributed by atoms with van der Waals surface area (Å²) in [5.41, 5.74) is 4.34. The van der Waals surface area contributed by atoms with Crippen LogP contribution >= 0.6 is 11.8 Å². The van der Waals surface area contributed by atoms with Gasteiger partial charge in [0.25, 0.3) is 0 Å². The van der Waals surface area contributed by atoms with Crippen LogP contribution in [0.5, 0.6) is 0 Å². The third kappa shape index (κ3) is 2.54. The van der Waals surface area contributed by atoms with E-state index in [2.05, 4.69) is 46.8 Å². The second kappa shape index (κ2) is 4.88. The van der Waals surface area contributed by atoms with Gasteiger partial charge in [-0.25, -0.2) is 0 Å². The first-order valence-corrected chi connectivity index (χ1v) is 6.28. The van der Waals surface area contributed by atoms with Gasteiger partial charge in [0, 0.05) is 4.90 Å². The molecule has 0 atom stereocenters. The van der Waals surface area contributed by atoms with Crippen LogP contribution in [0.2, 0.25) is 0 Å². The highest BCUT2D eigenvalue weighted by Crippen LogP contribution is 2.29. The van der Waals surface area contributed by atoms with Crippen molar-refractivity contribution in [1.82, 2.24) is 0 Å². The summed E-state index contributed by atoms with van der Waals surface area (Å²) in [6.07, 6.45) is 0. The van der Waals surface area contributed by atoms with Crippen molar-refractivity contribution in [3.8, 4) is 0 Å². The molecule has 0 nitrogen and oxygen atoms in total. The molecule has 1 aromatic carbocycles. The van der Waals surface area contributed by atoms with Crippen LogP contribution in [0.25, 0.3) is 0 Å². The standard InChI is InChI=1S/C13H20S/c1-6-14-13-8-12(9(2)3)10(4)7-11(13)5/h7-9H,6H2,1-5H3. The van der Waals surface area contributed by atoms with E-state index >= 15 is 0 Å². The SMILES string of the molecule is CCSc1cc(C(C)C)c(C)cc1C. The highest BCUT2D eigenvalue weighted by molar-refractivity contribution is 7.99. The molecule has 0 N–H and O–H groups in total. The van der Waals surface area contributed by atoms with E-state index < -0.39 is 0 Å². The topological polar surface area (TPSA) is 0 Å². The van der Waals surface area contributed by atoms with E-state index in [-0.39, 0.29) is 0 Å². The molecule has 0 bridgehead atoms. The van der Waals surface area contributed by atoms with E-state index in [9.17, 15) is 0 Å². The van der Waals surface area contributed by atoms with Gasteiger partial charge in [0.1, 0.15) is 0 Å². The molecule has 0 fully saturated rings. The van der Waals surface area contributed by atoms with Crippen LogP contribution in [0.3, 0.4) is 0 Å². The van der Waals surface area contributed by atoms with Crippen molar-refractivity contribution in [1.29, 1.82) is 0 Å². The lowest BCUT2D eigenvalue weighted by molar-refractivity contribution is 0.850. The lowest BCUT2D eigenvalue weighted by atomic mass is 9.96. The first-order valence-electron chi connectivity index (χ1n) is 5.30. The zero-order valence-electron chi connectivity index (χ0n) is 9.85. The average molecular weight is 208 g/mol. The van der Waals surface area contributed by atoms with Crippen LogP contribution in [-0.4, -0.2) is 5.75 Å². The molecular weight excluding hydrogens is 188 g/mol. The highest BCUT2D eigenvalue weighted by Gasteiger charge is 2.07. The second-order valence-corrected chi connectivity index (χ2v) is 5.37. The van der Waals surface area contributed by atoms with Crippen LogP contribution in [0.15, 0.2) is 17.0 Å². The Morgan fingerprint density at radius 1 is 1.14 bits per heavy atom. The van der Waals surface area contributed by atoms with Gasteiger partial charge in [0.15, 0.2) is 0 Å². The average Bonchev–Trinajstić information content (AvgIpc) is 2.09. The van der Waals surface area contributed by atoms with E-state index in [1.165, 1.54) is 21.6 Å². The first kappa shape index (κ1) is 11.6. The van der Waals surface area contributed by atoms with Crippen molar-refractivity contribution in [3.63, 3.8) is 0 Å². The minimum atomic E-state index is 0.631. The van der Waals surface area contributed by atoms with Crippen molar-refractivity contribution in [2.45, 2.75) is 45.4 Å². The summed E-state index contributed by atoms with van der Waals surface area (Å²) in [5, 5.41) is 0. The number of aryl methyl sites for hydroxylation is 2. The Morgan fingerprint density at radius 3 is 2.29 bits per heavy atom. The summed E-state index contributed by atoms with van der Waals surface area (Å²) in [6.45, 7) is 11.1. The van der Waals surface area contributed by atoms with Crippen LogP contribution in [0.1, 0.15) is 43.4 Å². The second-order valence-electron chi connectivity index (χ2n) is 4.06. The van der Waals surface area contributed by atoms with Crippen LogP contribution in [0.4, 0.5) is 0 Å². The molecule has 1 aromatic rings. The van der Waals surface area contributed by atoms with Gasteiger partial charge in [0.2, 0.25) is 0 Å². The van der Waals surface area contributed by atoms with Crippen molar-refractivity contribution in [2.24, 2.45) is 0 Å². The minimum absolute atomic E-state index is 0.631. The molecule has 0 radical (unpaired) electrons. The zero-order valence-corrected chi connectivity index (χ0v) is 10.7. The molecule has 0 aromatic heterocycles.